The van der Waals surface area contributed by atoms with E-state index >= 15 is 0 Å². The minimum absolute atomic E-state index is 0.0622. The molecule has 0 aliphatic carbocycles. The third-order valence-electron chi connectivity index (χ3n) is 3.92. The van der Waals surface area contributed by atoms with E-state index in [1.54, 1.807) is 19.9 Å². The van der Waals surface area contributed by atoms with Crippen LogP contribution in [0.4, 0.5) is 5.69 Å². The molecule has 0 saturated carbocycles. The molecule has 1 amide bonds. The molecule has 0 unspecified atom stereocenters. The number of amides is 1. The predicted molar refractivity (Wildman–Crippen MR) is 96.1 cm³/mol. The molecule has 1 heterocycles. The third-order valence-corrected chi connectivity index (χ3v) is 3.92. The van der Waals surface area contributed by atoms with Crippen LogP contribution >= 0.6 is 0 Å². The van der Waals surface area contributed by atoms with Gasteiger partial charge < -0.3 is 14.5 Å². The molecule has 0 radical (unpaired) electrons. The first-order valence-corrected chi connectivity index (χ1v) is 8.09. The van der Waals surface area contributed by atoms with Crippen molar-refractivity contribution in [2.45, 2.75) is 19.9 Å². The van der Waals surface area contributed by atoms with Gasteiger partial charge in [0.15, 0.2) is 12.4 Å². The van der Waals surface area contributed by atoms with Crippen LogP contribution in [0.25, 0.3) is 11.0 Å². The van der Waals surface area contributed by atoms with Gasteiger partial charge in [0.25, 0.3) is 5.91 Å². The highest BCUT2D eigenvalue weighted by atomic mass is 16.6. The van der Waals surface area contributed by atoms with E-state index in [4.69, 9.17) is 9.15 Å². The van der Waals surface area contributed by atoms with E-state index in [1.807, 2.05) is 30.3 Å². The maximum atomic E-state index is 12.1. The third kappa shape index (κ3) is 3.83. The fourth-order valence-corrected chi connectivity index (χ4v) is 2.61. The molecule has 0 aliphatic heterocycles. The summed E-state index contributed by atoms with van der Waals surface area (Å²) in [5.41, 5.74) is 1.32. The number of nitrogens with zero attached hydrogens (tertiary/aromatic N) is 1. The molecule has 1 atom stereocenters. The fraction of sp³-hybridized carbons (Fsp3) is 0.211. The van der Waals surface area contributed by atoms with Crippen molar-refractivity contribution in [3.63, 3.8) is 0 Å². The summed E-state index contributed by atoms with van der Waals surface area (Å²) in [5, 5.41) is 14.8. The van der Waals surface area contributed by atoms with Gasteiger partial charge in [0.2, 0.25) is 0 Å². The maximum Gasteiger partial charge on any atom is 0.311 e. The van der Waals surface area contributed by atoms with E-state index in [0.29, 0.717) is 5.76 Å². The average molecular weight is 354 g/mol. The molecule has 0 spiro atoms. The second-order valence-electron chi connectivity index (χ2n) is 5.99. The molecule has 7 heteroatoms. The molecule has 26 heavy (non-hydrogen) atoms. The summed E-state index contributed by atoms with van der Waals surface area (Å²) in [4.78, 5) is 22.7. The number of hydrogen-bond donors (Lipinski definition) is 1. The summed E-state index contributed by atoms with van der Waals surface area (Å²) in [6.45, 7) is 3.22. The molecule has 1 N–H and O–H groups in total. The number of para-hydroxylation sites is 1. The van der Waals surface area contributed by atoms with Crippen molar-refractivity contribution in [1.82, 2.24) is 5.32 Å². The second-order valence-corrected chi connectivity index (χ2v) is 5.99. The molecule has 0 fully saturated rings. The van der Waals surface area contributed by atoms with Crippen LogP contribution in [-0.4, -0.2) is 17.4 Å². The molecule has 134 valence electrons. The van der Waals surface area contributed by atoms with Gasteiger partial charge in [0.1, 0.15) is 11.3 Å². The zero-order valence-electron chi connectivity index (χ0n) is 14.4. The number of ether oxygens (including phenoxy) is 1. The lowest BCUT2D eigenvalue weighted by Crippen LogP contribution is -2.31. The van der Waals surface area contributed by atoms with Gasteiger partial charge in [-0.1, -0.05) is 24.3 Å². The first kappa shape index (κ1) is 17.5. The summed E-state index contributed by atoms with van der Waals surface area (Å²) in [6, 6.07) is 13.7. The Bertz CT molecular complexity index is 930. The quantitative estimate of drug-likeness (QED) is 0.535. The van der Waals surface area contributed by atoms with Crippen molar-refractivity contribution in [2.75, 3.05) is 6.61 Å². The Balaban J connectivity index is 1.63. The number of carbonyl (C=O) groups excluding carboxylic acids is 1. The van der Waals surface area contributed by atoms with Gasteiger partial charge in [-0.2, -0.15) is 0 Å². The van der Waals surface area contributed by atoms with E-state index in [0.717, 1.165) is 16.5 Å². The van der Waals surface area contributed by atoms with Crippen LogP contribution < -0.4 is 10.1 Å². The Hall–Kier alpha value is -3.35. The Kier molecular flexibility index (Phi) is 4.88. The van der Waals surface area contributed by atoms with Crippen molar-refractivity contribution in [2.24, 2.45) is 0 Å². The van der Waals surface area contributed by atoms with Crippen molar-refractivity contribution in [1.29, 1.82) is 0 Å². The molecule has 2 aromatic carbocycles. The minimum atomic E-state index is -0.530. The Morgan fingerprint density at radius 2 is 2.04 bits per heavy atom. The van der Waals surface area contributed by atoms with Crippen LogP contribution in [0.15, 0.2) is 52.9 Å². The monoisotopic (exact) mass is 354 g/mol. The number of benzene rings is 2. The lowest BCUT2D eigenvalue weighted by atomic mass is 10.2. The van der Waals surface area contributed by atoms with Gasteiger partial charge in [0.05, 0.1) is 11.0 Å². The van der Waals surface area contributed by atoms with Crippen LogP contribution in [-0.2, 0) is 4.79 Å². The number of fused-ring (bicyclic) bond motifs is 1. The van der Waals surface area contributed by atoms with E-state index in [-0.39, 0.29) is 24.1 Å². The number of nitrogens with one attached hydrogen (secondary N) is 1. The van der Waals surface area contributed by atoms with E-state index < -0.39 is 10.8 Å². The average Bonchev–Trinajstić information content (AvgIpc) is 3.05. The maximum absolute atomic E-state index is 12.1. The summed E-state index contributed by atoms with van der Waals surface area (Å²) < 4.78 is 11.0. The minimum Gasteiger partial charge on any atom is -0.477 e. The van der Waals surface area contributed by atoms with Crippen LogP contribution in [0.5, 0.6) is 5.75 Å². The number of hydrogen-bond acceptors (Lipinski definition) is 5. The van der Waals surface area contributed by atoms with E-state index in [2.05, 4.69) is 5.32 Å². The molecule has 0 saturated heterocycles. The van der Waals surface area contributed by atoms with Gasteiger partial charge in [-0.05, 0) is 37.6 Å². The highest BCUT2D eigenvalue weighted by molar-refractivity contribution is 5.80. The number of rotatable bonds is 6. The largest absolute Gasteiger partial charge is 0.477 e. The smallest absolute Gasteiger partial charge is 0.311 e. The molecule has 1 aromatic heterocycles. The lowest BCUT2D eigenvalue weighted by Gasteiger charge is -2.12. The number of carbonyl (C=O) groups is 1. The second kappa shape index (κ2) is 7.26. The van der Waals surface area contributed by atoms with Crippen molar-refractivity contribution in [3.8, 4) is 5.75 Å². The van der Waals surface area contributed by atoms with Crippen LogP contribution in [0.2, 0.25) is 0 Å². The molecule has 0 aliphatic rings. The molecular weight excluding hydrogens is 336 g/mol. The Labute approximate surface area is 149 Å². The van der Waals surface area contributed by atoms with Crippen LogP contribution in [0, 0.1) is 17.0 Å². The summed E-state index contributed by atoms with van der Waals surface area (Å²) >= 11 is 0. The van der Waals surface area contributed by atoms with Crippen LogP contribution in [0.3, 0.4) is 0 Å². The summed E-state index contributed by atoms with van der Waals surface area (Å²) in [7, 11) is 0. The standard InChI is InChI=1S/C19H18N2O5/c1-12-7-8-17(15(9-12)21(23)24)25-11-19(22)20-13(2)18-10-14-5-3-4-6-16(14)26-18/h3-10,13H,11H2,1-2H3,(H,20,22)/t13-/m0/s1. The first-order chi connectivity index (χ1) is 12.4. The van der Waals surface area contributed by atoms with E-state index in [1.165, 1.54) is 12.1 Å². The van der Waals surface area contributed by atoms with E-state index in [9.17, 15) is 14.9 Å². The highest BCUT2D eigenvalue weighted by Gasteiger charge is 2.18. The Morgan fingerprint density at radius 3 is 2.77 bits per heavy atom. The van der Waals surface area contributed by atoms with Gasteiger partial charge >= 0.3 is 5.69 Å². The molecule has 0 bridgehead atoms. The molecule has 7 nitrogen and oxygen atoms in total. The number of nitro benzene ring substituents is 1. The zero-order chi connectivity index (χ0) is 18.7. The zero-order valence-corrected chi connectivity index (χ0v) is 14.4. The molecule has 3 rings (SSSR count). The van der Waals surface area contributed by atoms with Gasteiger partial charge in [0, 0.05) is 11.5 Å². The number of nitro groups is 1. The summed E-state index contributed by atoms with van der Waals surface area (Å²) in [5.74, 6) is 0.292. The molecular formula is C19H18N2O5. The number of aryl methyl sites for hydroxylation is 1. The van der Waals surface area contributed by atoms with Gasteiger partial charge in [-0.3, -0.25) is 14.9 Å². The molecule has 3 aromatic rings. The lowest BCUT2D eigenvalue weighted by molar-refractivity contribution is -0.385. The normalized spacial score (nSPS) is 11.9. The van der Waals surface area contributed by atoms with Crippen molar-refractivity contribution >= 4 is 22.6 Å². The Morgan fingerprint density at radius 1 is 1.27 bits per heavy atom. The van der Waals surface area contributed by atoms with Gasteiger partial charge in [-0.15, -0.1) is 0 Å². The highest BCUT2D eigenvalue weighted by Crippen LogP contribution is 2.28. The summed E-state index contributed by atoms with van der Waals surface area (Å²) in [6.07, 6.45) is 0. The number of furan rings is 1. The predicted octanol–water partition coefficient (Wildman–Crippen LogP) is 3.91. The first-order valence-electron chi connectivity index (χ1n) is 8.09. The van der Waals surface area contributed by atoms with Crippen molar-refractivity contribution in [3.05, 3.63) is 70.0 Å². The fourth-order valence-electron chi connectivity index (χ4n) is 2.61. The van der Waals surface area contributed by atoms with Crippen LogP contribution in [0.1, 0.15) is 24.3 Å². The topological polar surface area (TPSA) is 94.6 Å². The van der Waals surface area contributed by atoms with Gasteiger partial charge in [-0.25, -0.2) is 0 Å². The SMILES string of the molecule is Cc1ccc(OCC(=O)N[C@@H](C)c2cc3ccccc3o2)c([N+](=O)[O-])c1. The van der Waals surface area contributed by atoms with Crippen molar-refractivity contribution < 1.29 is 18.9 Å².